The van der Waals surface area contributed by atoms with Crippen LogP contribution in [-0.4, -0.2) is 26.4 Å². The van der Waals surface area contributed by atoms with Crippen LogP contribution in [0.1, 0.15) is 0 Å². The van der Waals surface area contributed by atoms with Crippen molar-refractivity contribution in [3.63, 3.8) is 0 Å². The van der Waals surface area contributed by atoms with Crippen molar-refractivity contribution in [3.05, 3.63) is 27.7 Å². The van der Waals surface area contributed by atoms with Crippen molar-refractivity contribution >= 4 is 33.5 Å². The third kappa shape index (κ3) is 4.16. The fourth-order valence-electron chi connectivity index (χ4n) is 1.37. The highest BCUT2D eigenvalue weighted by molar-refractivity contribution is 9.10. The van der Waals surface area contributed by atoms with Gasteiger partial charge >= 0.3 is 12.3 Å². The van der Waals surface area contributed by atoms with Crippen molar-refractivity contribution in [1.82, 2.24) is 20.4 Å². The van der Waals surface area contributed by atoms with Gasteiger partial charge < -0.3 is 5.11 Å². The minimum atomic E-state index is -4.69. The zero-order chi connectivity index (χ0) is 15.6. The average molecular weight is 385 g/mol. The second-order valence-corrected chi connectivity index (χ2v) is 4.89. The van der Waals surface area contributed by atoms with Crippen LogP contribution in [-0.2, 0) is 0 Å². The van der Waals surface area contributed by atoms with Gasteiger partial charge in [0.15, 0.2) is 5.82 Å². The van der Waals surface area contributed by atoms with Crippen molar-refractivity contribution in [1.29, 1.82) is 0 Å². The highest BCUT2D eigenvalue weighted by atomic mass is 79.9. The molecule has 0 unspecified atom stereocenters. The first-order valence-corrected chi connectivity index (χ1v) is 6.43. The van der Waals surface area contributed by atoms with Gasteiger partial charge in [-0.15, -0.1) is 5.43 Å². The van der Waals surface area contributed by atoms with Gasteiger partial charge in [0.25, 0.3) is 0 Å². The van der Waals surface area contributed by atoms with E-state index in [0.717, 1.165) is 5.43 Å². The molecule has 0 spiro atoms. The van der Waals surface area contributed by atoms with E-state index < -0.39 is 18.3 Å². The smallest absolute Gasteiger partial charge is 0.474 e. The summed E-state index contributed by atoms with van der Waals surface area (Å²) in [6.07, 6.45) is -4.69. The number of aromatic nitrogens is 3. The fourth-order valence-corrected chi connectivity index (χ4v) is 2.29. The summed E-state index contributed by atoms with van der Waals surface area (Å²) in [6.45, 7) is 0. The van der Waals surface area contributed by atoms with Crippen molar-refractivity contribution in [2.75, 3.05) is 5.43 Å². The molecule has 0 aliphatic rings. The van der Waals surface area contributed by atoms with Crippen LogP contribution in [0.3, 0.4) is 0 Å². The first-order valence-electron chi connectivity index (χ1n) is 5.25. The summed E-state index contributed by atoms with van der Waals surface area (Å²) in [7, 11) is 0. The molecular formula is C10H6BrClF3N5O. The quantitative estimate of drug-likeness (QED) is 0.557. The van der Waals surface area contributed by atoms with Crippen LogP contribution in [0, 0.1) is 0 Å². The lowest BCUT2D eigenvalue weighted by Gasteiger charge is -2.11. The number of rotatable bonds is 3. The Morgan fingerprint density at radius 1 is 1.19 bits per heavy atom. The lowest BCUT2D eigenvalue weighted by molar-refractivity contribution is -0.151. The van der Waals surface area contributed by atoms with Gasteiger partial charge in [0.1, 0.15) is 0 Å². The molecule has 1 aromatic carbocycles. The molecule has 3 N–H and O–H groups in total. The maximum Gasteiger partial charge on any atom is 0.474 e. The predicted octanol–water partition coefficient (Wildman–Crippen LogP) is 3.10. The first kappa shape index (κ1) is 15.7. The van der Waals surface area contributed by atoms with Crippen LogP contribution in [0.2, 0.25) is 5.02 Å². The minimum absolute atomic E-state index is 0.0913. The normalized spacial score (nSPS) is 11.5. The van der Waals surface area contributed by atoms with Crippen molar-refractivity contribution in [3.8, 4) is 17.4 Å². The minimum Gasteiger partial charge on any atom is -0.479 e. The van der Waals surface area contributed by atoms with Crippen molar-refractivity contribution in [2.24, 2.45) is 0 Å². The van der Waals surface area contributed by atoms with Crippen LogP contribution in [0.15, 0.2) is 22.7 Å². The van der Waals surface area contributed by atoms with Crippen molar-refractivity contribution < 1.29 is 18.3 Å². The molecule has 2 aromatic rings. The number of benzene rings is 1. The Balaban J connectivity index is 2.39. The summed E-state index contributed by atoms with van der Waals surface area (Å²) in [4.78, 5) is 10.7. The summed E-state index contributed by atoms with van der Waals surface area (Å²) in [5.41, 5.74) is 3.05. The molecule has 1 heterocycles. The Labute approximate surface area is 129 Å². The molecule has 0 fully saturated rings. The number of halogens is 5. The number of nitrogens with zero attached hydrogens (tertiary/aromatic N) is 3. The van der Waals surface area contributed by atoms with E-state index in [9.17, 15) is 18.3 Å². The largest absolute Gasteiger partial charge is 0.479 e. The number of hydrazine groups is 1. The van der Waals surface area contributed by atoms with Gasteiger partial charge in [0.05, 0.1) is 10.6 Å². The van der Waals surface area contributed by atoms with Gasteiger partial charge in [0, 0.05) is 4.47 Å². The molecule has 11 heteroatoms. The molecule has 0 radical (unpaired) electrons. The van der Waals surface area contributed by atoms with Crippen LogP contribution >= 0.6 is 27.5 Å². The Hall–Kier alpha value is -1.65. The van der Waals surface area contributed by atoms with Crippen LogP contribution < -0.4 is 10.9 Å². The van der Waals surface area contributed by atoms with E-state index in [2.05, 4.69) is 30.9 Å². The number of aromatic hydroxyl groups is 1. The van der Waals surface area contributed by atoms with Gasteiger partial charge in [-0.1, -0.05) is 17.7 Å². The molecular weight excluding hydrogens is 378 g/mol. The average Bonchev–Trinajstić information content (AvgIpc) is 2.35. The number of alkyl halides is 3. The van der Waals surface area contributed by atoms with E-state index in [-0.39, 0.29) is 10.8 Å². The first-order chi connectivity index (χ1) is 9.76. The van der Waals surface area contributed by atoms with E-state index in [1.165, 1.54) is 0 Å². The third-order valence-corrected chi connectivity index (χ3v) is 3.10. The number of hydrogen-bond acceptors (Lipinski definition) is 6. The van der Waals surface area contributed by atoms with Crippen molar-refractivity contribution in [2.45, 2.75) is 6.30 Å². The van der Waals surface area contributed by atoms with Gasteiger partial charge in [0.2, 0.25) is 5.95 Å². The second-order valence-electron chi connectivity index (χ2n) is 3.63. The maximum atomic E-state index is 12.1. The summed E-state index contributed by atoms with van der Waals surface area (Å²) in [6, 6.07) is 4.09. The summed E-state index contributed by atoms with van der Waals surface area (Å²) in [5, 5.41) is 9.65. The van der Waals surface area contributed by atoms with Gasteiger partial charge in [-0.25, -0.2) is 0 Å². The lowest BCUT2D eigenvalue weighted by Crippen LogP contribution is -2.37. The van der Waals surface area contributed by atoms with Crippen LogP contribution in [0.25, 0.3) is 11.4 Å². The lowest BCUT2D eigenvalue weighted by atomic mass is 10.2. The Kier molecular flexibility index (Phi) is 4.49. The Bertz CT molecular complexity index is 649. The molecule has 0 aliphatic carbocycles. The molecule has 1 aromatic heterocycles. The number of hydrogen-bond donors (Lipinski definition) is 3. The van der Waals surface area contributed by atoms with E-state index in [1.807, 2.05) is 0 Å². The Morgan fingerprint density at radius 3 is 2.52 bits per heavy atom. The Morgan fingerprint density at radius 2 is 1.90 bits per heavy atom. The molecule has 112 valence electrons. The topological polar surface area (TPSA) is 83.0 Å². The summed E-state index contributed by atoms with van der Waals surface area (Å²) < 4.78 is 36.7. The highest BCUT2D eigenvalue weighted by Crippen LogP contribution is 2.33. The molecule has 0 saturated heterocycles. The van der Waals surface area contributed by atoms with Gasteiger partial charge in [-0.3, -0.25) is 5.43 Å². The molecule has 0 aliphatic heterocycles. The van der Waals surface area contributed by atoms with E-state index >= 15 is 0 Å². The molecule has 0 atom stereocenters. The number of anilines is 1. The third-order valence-electron chi connectivity index (χ3n) is 2.13. The molecule has 6 nitrogen and oxygen atoms in total. The van der Waals surface area contributed by atoms with Crippen LogP contribution in [0.4, 0.5) is 19.1 Å². The zero-order valence-corrected chi connectivity index (χ0v) is 12.3. The monoisotopic (exact) mass is 383 g/mol. The molecule has 0 amide bonds. The van der Waals surface area contributed by atoms with E-state index in [1.54, 1.807) is 23.6 Å². The molecule has 0 saturated carbocycles. The fraction of sp³-hybridized carbons (Fsp3) is 0.100. The molecule has 0 bridgehead atoms. The summed E-state index contributed by atoms with van der Waals surface area (Å²) in [5.74, 6) is -0.604. The number of nitrogens with one attached hydrogen (secondary N) is 2. The molecule has 21 heavy (non-hydrogen) atoms. The van der Waals surface area contributed by atoms with Crippen LogP contribution in [0.5, 0.6) is 6.01 Å². The highest BCUT2D eigenvalue weighted by Gasteiger charge is 2.27. The zero-order valence-electron chi connectivity index (χ0n) is 9.91. The molecule has 2 rings (SSSR count). The second kappa shape index (κ2) is 6.00. The van der Waals surface area contributed by atoms with E-state index in [4.69, 9.17) is 11.6 Å². The SMILES string of the molecule is Oc1nc(NNC(F)(F)F)nc(-c2c(Cl)cccc2Br)n1. The van der Waals surface area contributed by atoms with Gasteiger partial charge in [-0.05, 0) is 28.1 Å². The summed E-state index contributed by atoms with van der Waals surface area (Å²) >= 11 is 9.21. The standard InChI is InChI=1S/C10H6BrClF3N5O/c11-4-2-1-3-5(12)6(4)7-16-8(18-9(21)17-7)19-20-10(13,14)15/h1-3,20H,(H2,16,17,18,19,21). The van der Waals surface area contributed by atoms with E-state index in [0.29, 0.717) is 10.0 Å². The van der Waals surface area contributed by atoms with Gasteiger partial charge in [-0.2, -0.15) is 28.1 Å². The maximum absolute atomic E-state index is 12.1. The predicted molar refractivity (Wildman–Crippen MR) is 72.5 cm³/mol.